The number of amides is 1. The van der Waals surface area contributed by atoms with E-state index in [-0.39, 0.29) is 0 Å². The van der Waals surface area contributed by atoms with Gasteiger partial charge in [0.05, 0.1) is 0 Å². The third-order valence-corrected chi connectivity index (χ3v) is 2.22. The van der Waals surface area contributed by atoms with Crippen LogP contribution in [0.1, 0.15) is 5.56 Å². The molecule has 0 saturated carbocycles. The number of benzene rings is 2. The average Bonchev–Trinajstić information content (AvgIpc) is 2.33. The Hall–Kier alpha value is -2.00. The molecule has 0 aliphatic rings. The highest BCUT2D eigenvalue weighted by Gasteiger charge is 1.96. The molecule has 2 aromatic carbocycles. The van der Waals surface area contributed by atoms with Crippen molar-refractivity contribution in [3.8, 4) is 5.75 Å². The number of carbonyl (C=O) groups is 1. The lowest BCUT2D eigenvalue weighted by Crippen LogP contribution is -2.15. The standard InChI is InChI=1S/C7H6ClNO2.C7H8/c8-5-1-3-6(4-2-5)11-7(9)10;1-7-5-3-2-4-6-7/h1-4H,(H2,9,10);2-6H,1H3. The van der Waals surface area contributed by atoms with Crippen molar-refractivity contribution in [1.29, 1.82) is 0 Å². The topological polar surface area (TPSA) is 52.3 Å². The van der Waals surface area contributed by atoms with Crippen LogP contribution in [0.5, 0.6) is 5.75 Å². The van der Waals surface area contributed by atoms with E-state index in [1.165, 1.54) is 5.56 Å². The van der Waals surface area contributed by atoms with Gasteiger partial charge in [0.2, 0.25) is 0 Å². The predicted octanol–water partition coefficient (Wildman–Crippen LogP) is 3.79. The first-order valence-corrected chi connectivity index (χ1v) is 5.70. The number of carbonyl (C=O) groups excluding carboxylic acids is 1. The van der Waals surface area contributed by atoms with Crippen molar-refractivity contribution in [1.82, 2.24) is 0 Å². The van der Waals surface area contributed by atoms with Gasteiger partial charge in [-0.15, -0.1) is 0 Å². The van der Waals surface area contributed by atoms with Crippen LogP contribution >= 0.6 is 11.6 Å². The molecular formula is C14H14ClNO2. The predicted molar refractivity (Wildman–Crippen MR) is 72.8 cm³/mol. The number of rotatable bonds is 1. The van der Waals surface area contributed by atoms with E-state index in [1.54, 1.807) is 24.3 Å². The molecule has 0 atom stereocenters. The third-order valence-electron chi connectivity index (χ3n) is 1.97. The van der Waals surface area contributed by atoms with E-state index < -0.39 is 6.09 Å². The van der Waals surface area contributed by atoms with Crippen LogP contribution in [0.2, 0.25) is 5.02 Å². The van der Waals surface area contributed by atoms with Gasteiger partial charge in [0.25, 0.3) is 0 Å². The molecule has 2 aromatic rings. The lowest BCUT2D eigenvalue weighted by Gasteiger charge is -1.98. The second kappa shape index (κ2) is 7.35. The summed E-state index contributed by atoms with van der Waals surface area (Å²) in [7, 11) is 0. The average molecular weight is 264 g/mol. The first kappa shape index (κ1) is 14.1. The molecule has 0 unspecified atom stereocenters. The van der Waals surface area contributed by atoms with Gasteiger partial charge in [-0.1, -0.05) is 47.5 Å². The van der Waals surface area contributed by atoms with Crippen LogP contribution in [0.15, 0.2) is 54.6 Å². The van der Waals surface area contributed by atoms with Gasteiger partial charge < -0.3 is 10.5 Å². The maximum Gasteiger partial charge on any atom is 0.409 e. The SMILES string of the molecule is Cc1ccccc1.NC(=O)Oc1ccc(Cl)cc1. The molecule has 2 rings (SSSR count). The smallest absolute Gasteiger partial charge is 0.409 e. The van der Waals surface area contributed by atoms with Crippen molar-refractivity contribution in [2.45, 2.75) is 6.92 Å². The van der Waals surface area contributed by atoms with Crippen molar-refractivity contribution in [2.75, 3.05) is 0 Å². The molecule has 0 aliphatic heterocycles. The van der Waals surface area contributed by atoms with E-state index in [0.717, 1.165) is 0 Å². The summed E-state index contributed by atoms with van der Waals surface area (Å²) in [5.74, 6) is 0.391. The van der Waals surface area contributed by atoms with Crippen molar-refractivity contribution < 1.29 is 9.53 Å². The summed E-state index contributed by atoms with van der Waals surface area (Å²) < 4.78 is 4.55. The van der Waals surface area contributed by atoms with Gasteiger partial charge in [0, 0.05) is 5.02 Å². The lowest BCUT2D eigenvalue weighted by molar-refractivity contribution is 0.211. The summed E-state index contributed by atoms with van der Waals surface area (Å²) in [5, 5.41) is 0.585. The minimum absolute atomic E-state index is 0.391. The molecule has 0 bridgehead atoms. The number of halogens is 1. The Labute approximate surface area is 111 Å². The first-order chi connectivity index (χ1) is 8.58. The molecule has 2 N–H and O–H groups in total. The van der Waals surface area contributed by atoms with Crippen molar-refractivity contribution in [3.63, 3.8) is 0 Å². The minimum atomic E-state index is -0.827. The molecule has 3 nitrogen and oxygen atoms in total. The molecule has 18 heavy (non-hydrogen) atoms. The van der Waals surface area contributed by atoms with Gasteiger partial charge in [0.15, 0.2) is 0 Å². The quantitative estimate of drug-likeness (QED) is 0.851. The molecule has 0 heterocycles. The molecule has 0 aliphatic carbocycles. The van der Waals surface area contributed by atoms with Gasteiger partial charge in [-0.05, 0) is 31.2 Å². The summed E-state index contributed by atoms with van der Waals surface area (Å²) in [4.78, 5) is 10.2. The first-order valence-electron chi connectivity index (χ1n) is 5.32. The Morgan fingerprint density at radius 2 is 1.61 bits per heavy atom. The second-order valence-electron chi connectivity index (χ2n) is 3.53. The molecule has 0 fully saturated rings. The highest BCUT2D eigenvalue weighted by molar-refractivity contribution is 6.30. The Morgan fingerprint density at radius 3 is 2.00 bits per heavy atom. The monoisotopic (exact) mass is 263 g/mol. The maximum absolute atomic E-state index is 10.2. The zero-order valence-corrected chi connectivity index (χ0v) is 10.7. The van der Waals surface area contributed by atoms with Gasteiger partial charge in [-0.25, -0.2) is 4.79 Å². The van der Waals surface area contributed by atoms with Crippen LogP contribution in [0, 0.1) is 6.92 Å². The van der Waals surface area contributed by atoms with E-state index in [2.05, 4.69) is 23.8 Å². The summed E-state index contributed by atoms with van der Waals surface area (Å²) in [6, 6.07) is 16.6. The zero-order valence-electron chi connectivity index (χ0n) is 9.97. The Kier molecular flexibility index (Phi) is 5.74. The van der Waals surface area contributed by atoms with Gasteiger partial charge in [0.1, 0.15) is 5.75 Å². The summed E-state index contributed by atoms with van der Waals surface area (Å²) in [6.07, 6.45) is -0.827. The number of primary amides is 1. The minimum Gasteiger partial charge on any atom is -0.411 e. The highest BCUT2D eigenvalue weighted by Crippen LogP contribution is 2.14. The Morgan fingerprint density at radius 1 is 1.06 bits per heavy atom. The fourth-order valence-electron chi connectivity index (χ4n) is 1.15. The van der Waals surface area contributed by atoms with Crippen LogP contribution in [0.25, 0.3) is 0 Å². The summed E-state index contributed by atoms with van der Waals surface area (Å²) in [6.45, 7) is 2.08. The molecule has 0 spiro atoms. The highest BCUT2D eigenvalue weighted by atomic mass is 35.5. The van der Waals surface area contributed by atoms with Gasteiger partial charge in [-0.3, -0.25) is 0 Å². The molecule has 4 heteroatoms. The largest absolute Gasteiger partial charge is 0.411 e. The maximum atomic E-state index is 10.2. The number of hydrogen-bond donors (Lipinski definition) is 1. The molecule has 1 amide bonds. The van der Waals surface area contributed by atoms with Crippen LogP contribution < -0.4 is 10.5 Å². The zero-order chi connectivity index (χ0) is 13.4. The molecular weight excluding hydrogens is 250 g/mol. The fourth-order valence-corrected chi connectivity index (χ4v) is 1.28. The van der Waals surface area contributed by atoms with E-state index >= 15 is 0 Å². The van der Waals surface area contributed by atoms with Crippen LogP contribution in [0.4, 0.5) is 4.79 Å². The molecule has 94 valence electrons. The van der Waals surface area contributed by atoms with Crippen molar-refractivity contribution >= 4 is 17.7 Å². The summed E-state index contributed by atoms with van der Waals surface area (Å²) in [5.41, 5.74) is 6.09. The Balaban J connectivity index is 0.000000199. The lowest BCUT2D eigenvalue weighted by atomic mass is 10.2. The normalized spacial score (nSPS) is 9.00. The summed E-state index contributed by atoms with van der Waals surface area (Å²) >= 11 is 5.58. The number of aryl methyl sites for hydroxylation is 1. The molecule has 0 radical (unpaired) electrons. The van der Waals surface area contributed by atoms with Crippen LogP contribution in [-0.4, -0.2) is 6.09 Å². The van der Waals surface area contributed by atoms with Gasteiger partial charge >= 0.3 is 6.09 Å². The number of ether oxygens (including phenoxy) is 1. The molecule has 0 saturated heterocycles. The van der Waals surface area contributed by atoms with E-state index in [4.69, 9.17) is 17.3 Å². The van der Waals surface area contributed by atoms with Crippen molar-refractivity contribution in [3.05, 3.63) is 65.2 Å². The Bertz CT molecular complexity index is 483. The number of hydrogen-bond acceptors (Lipinski definition) is 2. The van der Waals surface area contributed by atoms with E-state index in [1.807, 2.05) is 18.2 Å². The fraction of sp³-hybridized carbons (Fsp3) is 0.0714. The van der Waals surface area contributed by atoms with Crippen molar-refractivity contribution in [2.24, 2.45) is 5.73 Å². The third kappa shape index (κ3) is 5.92. The van der Waals surface area contributed by atoms with Crippen LogP contribution in [0.3, 0.4) is 0 Å². The van der Waals surface area contributed by atoms with E-state index in [0.29, 0.717) is 10.8 Å². The van der Waals surface area contributed by atoms with Gasteiger partial charge in [-0.2, -0.15) is 0 Å². The second-order valence-corrected chi connectivity index (χ2v) is 3.97. The van der Waals surface area contributed by atoms with E-state index in [9.17, 15) is 4.79 Å². The molecule has 0 aromatic heterocycles. The number of nitrogens with two attached hydrogens (primary N) is 1. The van der Waals surface area contributed by atoms with Crippen LogP contribution in [-0.2, 0) is 0 Å².